The van der Waals surface area contributed by atoms with E-state index in [1.807, 2.05) is 18.2 Å². The van der Waals surface area contributed by atoms with Gasteiger partial charge in [-0.2, -0.15) is 0 Å². The maximum Gasteiger partial charge on any atom is 0.230 e. The molecule has 1 unspecified atom stereocenters. The lowest BCUT2D eigenvalue weighted by molar-refractivity contribution is -0.118. The molecule has 1 atom stereocenters. The molecule has 1 aliphatic rings. The quantitative estimate of drug-likeness (QED) is 0.555. The van der Waals surface area contributed by atoms with Crippen LogP contribution >= 0.6 is 23.1 Å². The maximum absolute atomic E-state index is 12.4. The molecule has 1 aliphatic heterocycles. The van der Waals surface area contributed by atoms with Crippen LogP contribution in [-0.4, -0.2) is 38.3 Å². The number of aryl methyl sites for hydroxylation is 1. The van der Waals surface area contributed by atoms with Crippen molar-refractivity contribution < 1.29 is 14.3 Å². The number of thioether (sulfide) groups is 1. The molecule has 0 fully saturated rings. The van der Waals surface area contributed by atoms with Gasteiger partial charge in [-0.1, -0.05) is 19.9 Å². The van der Waals surface area contributed by atoms with Crippen molar-refractivity contribution in [2.75, 3.05) is 31.8 Å². The summed E-state index contributed by atoms with van der Waals surface area (Å²) in [5, 5.41) is 7.58. The normalized spacial score (nSPS) is 15.1. The highest BCUT2D eigenvalue weighted by Crippen LogP contribution is 2.43. The van der Waals surface area contributed by atoms with Gasteiger partial charge in [-0.05, 0) is 36.6 Å². The van der Waals surface area contributed by atoms with Crippen molar-refractivity contribution in [1.82, 2.24) is 5.32 Å². The van der Waals surface area contributed by atoms with Gasteiger partial charge in [-0.15, -0.1) is 23.1 Å². The van der Waals surface area contributed by atoms with Crippen LogP contribution in [0.4, 0.5) is 5.00 Å². The summed E-state index contributed by atoms with van der Waals surface area (Å²) in [5.74, 6) is 2.80. The molecule has 2 heterocycles. The number of ether oxygens (including phenoxy) is 2. The average molecular weight is 448 g/mol. The fourth-order valence-electron chi connectivity index (χ4n) is 3.18. The van der Waals surface area contributed by atoms with Gasteiger partial charge in [0.05, 0.1) is 20.0 Å². The Balaban J connectivity index is 1.51. The van der Waals surface area contributed by atoms with Gasteiger partial charge in [-0.25, -0.2) is 0 Å². The van der Waals surface area contributed by atoms with E-state index < -0.39 is 0 Å². The van der Waals surface area contributed by atoms with E-state index in [1.165, 1.54) is 15.4 Å². The van der Waals surface area contributed by atoms with E-state index in [2.05, 4.69) is 30.5 Å². The Morgan fingerprint density at radius 1 is 1.20 bits per heavy atom. The van der Waals surface area contributed by atoms with Gasteiger partial charge < -0.3 is 20.1 Å². The topological polar surface area (TPSA) is 72.0 Å². The van der Waals surface area contributed by atoms with Crippen LogP contribution < -0.4 is 20.1 Å². The van der Waals surface area contributed by atoms with E-state index in [-0.39, 0.29) is 11.3 Å². The van der Waals surface area contributed by atoms with Crippen molar-refractivity contribution in [1.29, 1.82) is 0 Å². The molecule has 1 amide bonds. The Morgan fingerprint density at radius 3 is 2.70 bits per heavy atom. The van der Waals surface area contributed by atoms with Crippen molar-refractivity contribution in [2.24, 2.45) is 4.99 Å². The number of hydrogen-bond donors (Lipinski definition) is 2. The van der Waals surface area contributed by atoms with E-state index in [9.17, 15) is 4.79 Å². The maximum atomic E-state index is 12.4. The number of carbonyl (C=O) groups excluding carboxylic acids is 1. The Labute approximate surface area is 186 Å². The molecule has 6 nitrogen and oxygen atoms in total. The first-order chi connectivity index (χ1) is 14.6. The molecular weight excluding hydrogens is 418 g/mol. The monoisotopic (exact) mass is 447 g/mol. The molecule has 30 heavy (non-hydrogen) atoms. The highest BCUT2D eigenvalue weighted by molar-refractivity contribution is 8.00. The molecule has 0 radical (unpaired) electrons. The van der Waals surface area contributed by atoms with Crippen LogP contribution in [0.25, 0.3) is 0 Å². The molecule has 162 valence electrons. The molecule has 0 saturated carbocycles. The third-order valence-corrected chi connectivity index (χ3v) is 7.16. The summed E-state index contributed by atoms with van der Waals surface area (Å²) in [7, 11) is 3.24. The van der Waals surface area contributed by atoms with Gasteiger partial charge in [0.25, 0.3) is 0 Å². The van der Waals surface area contributed by atoms with Crippen LogP contribution in [-0.2, 0) is 17.6 Å². The minimum Gasteiger partial charge on any atom is -0.493 e. The Bertz CT molecular complexity index is 911. The lowest BCUT2D eigenvalue weighted by Gasteiger charge is -2.21. The number of benzene rings is 1. The molecule has 1 aromatic heterocycles. The third kappa shape index (κ3) is 5.49. The van der Waals surface area contributed by atoms with E-state index in [4.69, 9.17) is 14.5 Å². The minimum atomic E-state index is -0.0238. The number of thiophene rings is 1. The lowest BCUT2D eigenvalue weighted by Crippen LogP contribution is -2.28. The second-order valence-corrected chi connectivity index (χ2v) is 9.06. The van der Waals surface area contributed by atoms with Gasteiger partial charge in [0, 0.05) is 23.4 Å². The number of amidine groups is 1. The fourth-order valence-corrected chi connectivity index (χ4v) is 5.29. The molecule has 0 bridgehead atoms. The number of rotatable bonds is 10. The Hall–Kier alpha value is -2.19. The molecule has 3 rings (SSSR count). The Morgan fingerprint density at radius 2 is 2.00 bits per heavy atom. The van der Waals surface area contributed by atoms with E-state index in [0.29, 0.717) is 23.8 Å². The van der Waals surface area contributed by atoms with Gasteiger partial charge in [0.2, 0.25) is 5.91 Å². The number of amides is 1. The van der Waals surface area contributed by atoms with Gasteiger partial charge in [0.15, 0.2) is 11.5 Å². The molecule has 0 spiro atoms. The Kier molecular flexibility index (Phi) is 8.04. The van der Waals surface area contributed by atoms with Crippen molar-refractivity contribution >= 4 is 39.8 Å². The zero-order valence-electron chi connectivity index (χ0n) is 17.9. The molecule has 2 aromatic rings. The number of nitrogens with zero attached hydrogens (tertiary/aromatic N) is 1. The third-order valence-electron chi connectivity index (χ3n) is 4.85. The van der Waals surface area contributed by atoms with E-state index in [1.54, 1.807) is 37.3 Å². The van der Waals surface area contributed by atoms with Gasteiger partial charge in [0.1, 0.15) is 16.2 Å². The van der Waals surface area contributed by atoms with Crippen LogP contribution in [0, 0.1) is 0 Å². The highest BCUT2D eigenvalue weighted by Gasteiger charge is 2.24. The van der Waals surface area contributed by atoms with Crippen LogP contribution in [0.3, 0.4) is 0 Å². The summed E-state index contributed by atoms with van der Waals surface area (Å²) in [6.07, 6.45) is 2.60. The second kappa shape index (κ2) is 10.7. The van der Waals surface area contributed by atoms with Crippen LogP contribution in [0.15, 0.2) is 29.3 Å². The molecule has 8 heteroatoms. The number of hydrogen-bond acceptors (Lipinski definition) is 7. The summed E-state index contributed by atoms with van der Waals surface area (Å²) in [5.41, 5.74) is 2.28. The summed E-state index contributed by atoms with van der Waals surface area (Å²) < 4.78 is 10.6. The second-order valence-electron chi connectivity index (χ2n) is 6.86. The summed E-state index contributed by atoms with van der Waals surface area (Å²) in [4.78, 5) is 18.5. The van der Waals surface area contributed by atoms with Crippen LogP contribution in [0.5, 0.6) is 11.5 Å². The number of nitrogens with one attached hydrogen (secondary N) is 2. The summed E-state index contributed by atoms with van der Waals surface area (Å²) >= 11 is 3.36. The largest absolute Gasteiger partial charge is 0.493 e. The number of anilines is 1. The zero-order chi connectivity index (χ0) is 21.5. The molecule has 1 aromatic carbocycles. The summed E-state index contributed by atoms with van der Waals surface area (Å²) in [6, 6.07) is 8.03. The minimum absolute atomic E-state index is 0.0238. The van der Waals surface area contributed by atoms with E-state index in [0.717, 1.165) is 30.7 Å². The standard InChI is InChI=1S/C22H29N3O3S2/c1-5-15-12-16-21(24-19(6-2)25-22(16)30-15)29-13-20(26)23-10-9-14-7-8-17(27-3)18(11-14)28-4/h7-8,11-12,21H,5-6,9-10,13H2,1-4H3,(H,23,26)(H,24,25). The fraction of sp³-hybridized carbons (Fsp3) is 0.455. The smallest absolute Gasteiger partial charge is 0.230 e. The van der Waals surface area contributed by atoms with E-state index >= 15 is 0 Å². The average Bonchev–Trinajstić information content (AvgIpc) is 3.20. The first-order valence-electron chi connectivity index (χ1n) is 10.1. The molecule has 0 aliphatic carbocycles. The number of fused-ring (bicyclic) bond motifs is 1. The number of aliphatic imine (C=N–C) groups is 1. The zero-order valence-corrected chi connectivity index (χ0v) is 19.5. The van der Waals surface area contributed by atoms with Gasteiger partial charge >= 0.3 is 0 Å². The SMILES string of the molecule is CCC1=NC(SCC(=O)NCCc2ccc(OC)c(OC)c2)c2cc(CC)sc2N1. The van der Waals surface area contributed by atoms with Crippen molar-refractivity contribution in [3.63, 3.8) is 0 Å². The summed E-state index contributed by atoms with van der Waals surface area (Å²) in [6.45, 7) is 4.83. The predicted molar refractivity (Wildman–Crippen MR) is 127 cm³/mol. The predicted octanol–water partition coefficient (Wildman–Crippen LogP) is 4.65. The van der Waals surface area contributed by atoms with Crippen molar-refractivity contribution in [3.8, 4) is 11.5 Å². The van der Waals surface area contributed by atoms with Crippen LogP contribution in [0.2, 0.25) is 0 Å². The van der Waals surface area contributed by atoms with Crippen LogP contribution in [0.1, 0.15) is 41.6 Å². The lowest BCUT2D eigenvalue weighted by atomic mass is 10.1. The first kappa shape index (κ1) is 22.5. The molecular formula is C22H29N3O3S2. The van der Waals surface area contributed by atoms with Crippen molar-refractivity contribution in [3.05, 3.63) is 40.3 Å². The molecule has 2 N–H and O–H groups in total. The first-order valence-corrected chi connectivity index (χ1v) is 12.0. The number of methoxy groups -OCH3 is 2. The highest BCUT2D eigenvalue weighted by atomic mass is 32.2. The van der Waals surface area contributed by atoms with Gasteiger partial charge in [-0.3, -0.25) is 9.79 Å². The molecule has 0 saturated heterocycles. The number of carbonyl (C=O) groups is 1. The van der Waals surface area contributed by atoms with Crippen molar-refractivity contribution in [2.45, 2.75) is 38.5 Å².